The third-order valence-electron chi connectivity index (χ3n) is 2.97. The van der Waals surface area contributed by atoms with Crippen molar-refractivity contribution in [1.29, 1.82) is 0 Å². The second-order valence-corrected chi connectivity index (χ2v) is 5.25. The molecule has 0 radical (unpaired) electrons. The van der Waals surface area contributed by atoms with Gasteiger partial charge in [0, 0.05) is 24.5 Å². The van der Waals surface area contributed by atoms with Crippen molar-refractivity contribution in [2.24, 2.45) is 0 Å². The highest BCUT2D eigenvalue weighted by Crippen LogP contribution is 2.20. The molecule has 0 spiro atoms. The highest BCUT2D eigenvalue weighted by Gasteiger charge is 2.10. The molecule has 0 saturated carbocycles. The number of aromatic nitrogens is 3. The van der Waals surface area contributed by atoms with Crippen molar-refractivity contribution in [2.45, 2.75) is 33.6 Å². The van der Waals surface area contributed by atoms with Crippen molar-refractivity contribution < 1.29 is 0 Å². The van der Waals surface area contributed by atoms with Crippen LogP contribution in [0.2, 0.25) is 0 Å². The third-order valence-corrected chi connectivity index (χ3v) is 3.75. The lowest BCUT2D eigenvalue weighted by Crippen LogP contribution is -2.09. The van der Waals surface area contributed by atoms with Gasteiger partial charge >= 0.3 is 0 Å². The number of nitrogens with zero attached hydrogens (tertiary/aromatic N) is 3. The molecule has 0 aromatic carbocycles. The van der Waals surface area contributed by atoms with Gasteiger partial charge in [-0.1, -0.05) is 6.92 Å². The summed E-state index contributed by atoms with van der Waals surface area (Å²) in [7, 11) is 0. The topological polar surface area (TPSA) is 50.7 Å². The molecule has 1 N–H and O–H groups in total. The molecule has 0 aliphatic rings. The fourth-order valence-electron chi connectivity index (χ4n) is 1.72. The molecule has 2 aromatic heterocycles. The van der Waals surface area contributed by atoms with Crippen LogP contribution in [0.3, 0.4) is 0 Å². The summed E-state index contributed by atoms with van der Waals surface area (Å²) in [6, 6.07) is 0. The first-order chi connectivity index (χ1) is 8.72. The van der Waals surface area contributed by atoms with E-state index in [1.54, 1.807) is 11.3 Å². The van der Waals surface area contributed by atoms with Gasteiger partial charge in [0.2, 0.25) is 0 Å². The summed E-state index contributed by atoms with van der Waals surface area (Å²) in [6.45, 7) is 7.26. The Morgan fingerprint density at radius 1 is 1.22 bits per heavy atom. The van der Waals surface area contributed by atoms with Gasteiger partial charge < -0.3 is 5.32 Å². The quantitative estimate of drug-likeness (QED) is 0.900. The van der Waals surface area contributed by atoms with Crippen molar-refractivity contribution in [3.63, 3.8) is 0 Å². The molecule has 2 aromatic rings. The van der Waals surface area contributed by atoms with E-state index in [0.29, 0.717) is 0 Å². The van der Waals surface area contributed by atoms with Crippen LogP contribution in [0.4, 0.5) is 5.82 Å². The van der Waals surface area contributed by atoms with Gasteiger partial charge in [-0.25, -0.2) is 4.98 Å². The van der Waals surface area contributed by atoms with Crippen LogP contribution in [0.25, 0.3) is 0 Å². The SMILES string of the molecule is CCCNc1nnc(Cc2nccs2)c(C)c1C. The Bertz CT molecular complexity index is 508. The predicted molar refractivity (Wildman–Crippen MR) is 75.2 cm³/mol. The van der Waals surface area contributed by atoms with Crippen LogP contribution in [-0.2, 0) is 6.42 Å². The Labute approximate surface area is 111 Å². The Morgan fingerprint density at radius 3 is 2.72 bits per heavy atom. The van der Waals surface area contributed by atoms with Gasteiger partial charge in [-0.05, 0) is 31.4 Å². The highest BCUT2D eigenvalue weighted by atomic mass is 32.1. The van der Waals surface area contributed by atoms with Gasteiger partial charge in [0.1, 0.15) is 0 Å². The zero-order valence-electron chi connectivity index (χ0n) is 11.0. The standard InChI is InChI=1S/C13H18N4S/c1-4-5-15-13-10(3)9(2)11(16-17-13)8-12-14-6-7-18-12/h6-7H,4-5,8H2,1-3H3,(H,15,17). The molecule has 0 amide bonds. The first kappa shape index (κ1) is 13.0. The molecule has 0 aliphatic heterocycles. The molecule has 0 aliphatic carbocycles. The lowest BCUT2D eigenvalue weighted by atomic mass is 10.1. The van der Waals surface area contributed by atoms with Crippen LogP contribution in [-0.4, -0.2) is 21.7 Å². The summed E-state index contributed by atoms with van der Waals surface area (Å²) < 4.78 is 0. The van der Waals surface area contributed by atoms with Gasteiger partial charge in [0.05, 0.1) is 10.7 Å². The molecular weight excluding hydrogens is 244 g/mol. The summed E-state index contributed by atoms with van der Waals surface area (Å²) in [5.41, 5.74) is 3.41. The molecule has 0 unspecified atom stereocenters. The fraction of sp³-hybridized carbons (Fsp3) is 0.462. The molecule has 2 rings (SSSR count). The zero-order chi connectivity index (χ0) is 13.0. The molecular formula is C13H18N4S. The van der Waals surface area contributed by atoms with Gasteiger partial charge in [-0.15, -0.1) is 16.4 Å². The molecule has 18 heavy (non-hydrogen) atoms. The van der Waals surface area contributed by atoms with E-state index in [-0.39, 0.29) is 0 Å². The first-order valence-corrected chi connectivity index (χ1v) is 7.05. The number of rotatable bonds is 5. The van der Waals surface area contributed by atoms with Gasteiger partial charge in [0.15, 0.2) is 5.82 Å². The molecule has 5 heteroatoms. The predicted octanol–water partition coefficient (Wildman–Crippen LogP) is 2.96. The first-order valence-electron chi connectivity index (χ1n) is 6.17. The normalized spacial score (nSPS) is 10.6. The maximum absolute atomic E-state index is 4.32. The minimum atomic E-state index is 0.769. The number of nitrogens with one attached hydrogen (secondary N) is 1. The van der Waals surface area contributed by atoms with E-state index in [1.807, 2.05) is 11.6 Å². The van der Waals surface area contributed by atoms with Crippen LogP contribution in [0.15, 0.2) is 11.6 Å². The molecule has 96 valence electrons. The van der Waals surface area contributed by atoms with Crippen molar-refractivity contribution in [1.82, 2.24) is 15.2 Å². The molecule has 0 saturated heterocycles. The van der Waals surface area contributed by atoms with E-state index in [1.165, 1.54) is 11.1 Å². The second kappa shape index (κ2) is 5.91. The van der Waals surface area contributed by atoms with E-state index in [2.05, 4.69) is 41.3 Å². The number of hydrogen-bond acceptors (Lipinski definition) is 5. The fourth-order valence-corrected chi connectivity index (χ4v) is 2.34. The second-order valence-electron chi connectivity index (χ2n) is 4.27. The monoisotopic (exact) mass is 262 g/mol. The summed E-state index contributed by atoms with van der Waals surface area (Å²) in [4.78, 5) is 4.29. The minimum Gasteiger partial charge on any atom is -0.368 e. The van der Waals surface area contributed by atoms with E-state index in [0.717, 1.165) is 35.9 Å². The third kappa shape index (κ3) is 2.85. The highest BCUT2D eigenvalue weighted by molar-refractivity contribution is 7.09. The van der Waals surface area contributed by atoms with Crippen LogP contribution in [0, 0.1) is 13.8 Å². The smallest absolute Gasteiger partial charge is 0.151 e. The minimum absolute atomic E-state index is 0.769. The van der Waals surface area contributed by atoms with E-state index < -0.39 is 0 Å². The largest absolute Gasteiger partial charge is 0.368 e. The Balaban J connectivity index is 2.20. The lowest BCUT2D eigenvalue weighted by Gasteiger charge is -2.11. The van der Waals surface area contributed by atoms with Crippen molar-refractivity contribution >= 4 is 17.2 Å². The summed E-state index contributed by atoms with van der Waals surface area (Å²) in [6.07, 6.45) is 3.68. The van der Waals surface area contributed by atoms with Crippen LogP contribution in [0.1, 0.15) is 35.2 Å². The van der Waals surface area contributed by atoms with Crippen molar-refractivity contribution in [2.75, 3.05) is 11.9 Å². The average molecular weight is 262 g/mol. The zero-order valence-corrected chi connectivity index (χ0v) is 11.8. The lowest BCUT2D eigenvalue weighted by molar-refractivity contribution is 0.883. The molecule has 0 atom stereocenters. The van der Waals surface area contributed by atoms with E-state index >= 15 is 0 Å². The van der Waals surface area contributed by atoms with Crippen LogP contribution >= 0.6 is 11.3 Å². The van der Waals surface area contributed by atoms with Gasteiger partial charge in [-0.2, -0.15) is 5.10 Å². The Kier molecular flexibility index (Phi) is 4.25. The van der Waals surface area contributed by atoms with Gasteiger partial charge in [-0.3, -0.25) is 0 Å². The van der Waals surface area contributed by atoms with Crippen LogP contribution in [0.5, 0.6) is 0 Å². The maximum Gasteiger partial charge on any atom is 0.151 e. The number of anilines is 1. The molecule has 4 nitrogen and oxygen atoms in total. The molecule has 0 fully saturated rings. The van der Waals surface area contributed by atoms with Crippen molar-refractivity contribution in [3.8, 4) is 0 Å². The molecule has 0 bridgehead atoms. The van der Waals surface area contributed by atoms with Crippen LogP contribution < -0.4 is 5.32 Å². The number of thiazole rings is 1. The average Bonchev–Trinajstić information content (AvgIpc) is 2.87. The summed E-state index contributed by atoms with van der Waals surface area (Å²) in [5.74, 6) is 0.900. The van der Waals surface area contributed by atoms with E-state index in [9.17, 15) is 0 Å². The maximum atomic E-state index is 4.32. The Hall–Kier alpha value is -1.49. The Morgan fingerprint density at radius 2 is 2.06 bits per heavy atom. The van der Waals surface area contributed by atoms with Crippen molar-refractivity contribution in [3.05, 3.63) is 33.4 Å². The molecule has 2 heterocycles. The summed E-state index contributed by atoms with van der Waals surface area (Å²) >= 11 is 1.66. The number of hydrogen-bond donors (Lipinski definition) is 1. The summed E-state index contributed by atoms with van der Waals surface area (Å²) in [5, 5.41) is 15.0. The van der Waals surface area contributed by atoms with Gasteiger partial charge in [0.25, 0.3) is 0 Å². The van der Waals surface area contributed by atoms with E-state index in [4.69, 9.17) is 0 Å².